The first-order valence-corrected chi connectivity index (χ1v) is 9.80. The van der Waals surface area contributed by atoms with Gasteiger partial charge in [-0.15, -0.1) is 11.8 Å². The second-order valence-corrected chi connectivity index (χ2v) is 7.31. The predicted molar refractivity (Wildman–Crippen MR) is 107 cm³/mol. The Morgan fingerprint density at radius 1 is 1.12 bits per heavy atom. The first kappa shape index (κ1) is 18.3. The maximum atomic E-state index is 12.7. The highest BCUT2D eigenvalue weighted by molar-refractivity contribution is 7.98. The van der Waals surface area contributed by atoms with Gasteiger partial charge in [0.25, 0.3) is 0 Å². The molecule has 0 aromatic heterocycles. The third-order valence-electron chi connectivity index (χ3n) is 4.66. The van der Waals surface area contributed by atoms with E-state index < -0.39 is 6.04 Å². The average Bonchev–Trinajstić information content (AvgIpc) is 2.98. The summed E-state index contributed by atoms with van der Waals surface area (Å²) in [6, 6.07) is 12.7. The minimum atomic E-state index is -0.498. The van der Waals surface area contributed by atoms with Gasteiger partial charge < -0.3 is 15.5 Å². The number of hydrogen-bond donors (Lipinski definition) is 2. The molecule has 5 nitrogen and oxygen atoms in total. The molecule has 3 amide bonds. The first-order chi connectivity index (χ1) is 12.5. The van der Waals surface area contributed by atoms with Crippen molar-refractivity contribution in [2.45, 2.75) is 31.2 Å². The zero-order valence-corrected chi connectivity index (χ0v) is 16.0. The highest BCUT2D eigenvalue weighted by Crippen LogP contribution is 2.24. The molecule has 0 unspecified atom stereocenters. The number of carbonyl (C=O) groups excluding carboxylic acids is 2. The van der Waals surface area contributed by atoms with E-state index in [9.17, 15) is 9.59 Å². The highest BCUT2D eigenvalue weighted by Gasteiger charge is 2.33. The van der Waals surface area contributed by atoms with Crippen molar-refractivity contribution in [2.75, 3.05) is 23.0 Å². The predicted octanol–water partition coefficient (Wildman–Crippen LogP) is 3.95. The lowest BCUT2D eigenvalue weighted by molar-refractivity contribution is -0.118. The molecule has 1 aliphatic heterocycles. The summed E-state index contributed by atoms with van der Waals surface area (Å²) in [6.45, 7) is 4.69. The number of nitrogens with one attached hydrogen (secondary N) is 2. The molecule has 136 valence electrons. The van der Waals surface area contributed by atoms with E-state index in [0.717, 1.165) is 16.1 Å². The van der Waals surface area contributed by atoms with Crippen molar-refractivity contribution in [1.82, 2.24) is 5.32 Å². The molecule has 1 atom stereocenters. The Labute approximate surface area is 158 Å². The molecule has 1 saturated heterocycles. The van der Waals surface area contributed by atoms with Gasteiger partial charge in [-0.2, -0.15) is 0 Å². The van der Waals surface area contributed by atoms with Gasteiger partial charge in [-0.05, 0) is 74.0 Å². The lowest BCUT2D eigenvalue weighted by atomic mass is 10.1. The summed E-state index contributed by atoms with van der Waals surface area (Å²) in [5, 5.41) is 5.57. The second-order valence-electron chi connectivity index (χ2n) is 6.43. The summed E-state index contributed by atoms with van der Waals surface area (Å²) < 4.78 is 0. The lowest BCUT2D eigenvalue weighted by Crippen LogP contribution is -2.43. The van der Waals surface area contributed by atoms with Gasteiger partial charge in [0.1, 0.15) is 6.04 Å². The molecule has 6 heteroatoms. The summed E-state index contributed by atoms with van der Waals surface area (Å²) in [6.07, 6.45) is 2.60. The molecule has 2 N–H and O–H groups in total. The molecule has 1 aliphatic rings. The maximum absolute atomic E-state index is 12.7. The number of carbonyl (C=O) groups is 2. The van der Waals surface area contributed by atoms with E-state index in [4.69, 9.17) is 0 Å². The quantitative estimate of drug-likeness (QED) is 0.802. The molecule has 0 bridgehead atoms. The van der Waals surface area contributed by atoms with E-state index in [-0.39, 0.29) is 11.9 Å². The molecule has 2 aromatic carbocycles. The molecule has 1 heterocycles. The molecule has 3 rings (SSSR count). The van der Waals surface area contributed by atoms with Crippen molar-refractivity contribution in [1.29, 1.82) is 0 Å². The van der Waals surface area contributed by atoms with Crippen LogP contribution in [0.4, 0.5) is 16.2 Å². The topological polar surface area (TPSA) is 61.4 Å². The Balaban J connectivity index is 1.60. The Kier molecular flexibility index (Phi) is 5.52. The van der Waals surface area contributed by atoms with Crippen molar-refractivity contribution < 1.29 is 9.59 Å². The summed E-state index contributed by atoms with van der Waals surface area (Å²) in [7, 11) is 0. The molecule has 2 aromatic rings. The highest BCUT2D eigenvalue weighted by atomic mass is 32.2. The van der Waals surface area contributed by atoms with Gasteiger partial charge in [-0.25, -0.2) is 4.79 Å². The van der Waals surface area contributed by atoms with E-state index in [1.807, 2.05) is 62.6 Å². The summed E-state index contributed by atoms with van der Waals surface area (Å²) in [4.78, 5) is 27.7. The van der Waals surface area contributed by atoms with Gasteiger partial charge in [0.2, 0.25) is 5.91 Å². The summed E-state index contributed by atoms with van der Waals surface area (Å²) >= 11 is 1.64. The van der Waals surface area contributed by atoms with Gasteiger partial charge >= 0.3 is 6.03 Å². The lowest BCUT2D eigenvalue weighted by Gasteiger charge is -2.18. The van der Waals surface area contributed by atoms with Crippen LogP contribution in [0.1, 0.15) is 17.5 Å². The van der Waals surface area contributed by atoms with E-state index in [1.54, 1.807) is 16.7 Å². The zero-order valence-electron chi connectivity index (χ0n) is 15.2. The fourth-order valence-corrected chi connectivity index (χ4v) is 3.37. The number of benzene rings is 2. The van der Waals surface area contributed by atoms with Crippen LogP contribution in [0.5, 0.6) is 0 Å². The summed E-state index contributed by atoms with van der Waals surface area (Å²) in [5.74, 6) is -0.0684. The van der Waals surface area contributed by atoms with Crippen molar-refractivity contribution in [3.63, 3.8) is 0 Å². The van der Waals surface area contributed by atoms with Gasteiger partial charge in [-0.1, -0.05) is 6.07 Å². The molecule has 0 aliphatic carbocycles. The smallest absolute Gasteiger partial charge is 0.319 e. The minimum Gasteiger partial charge on any atom is -0.326 e. The SMILES string of the molecule is CSc1ccc(NC(=O)N[C@H]2CCN(c3ccc(C)c(C)c3)C2=O)cc1. The third kappa shape index (κ3) is 4.02. The van der Waals surface area contributed by atoms with Crippen LogP contribution in [0.3, 0.4) is 0 Å². The van der Waals surface area contributed by atoms with Crippen LogP contribution in [-0.2, 0) is 4.79 Å². The molecule has 26 heavy (non-hydrogen) atoms. The van der Waals surface area contributed by atoms with Crippen LogP contribution in [0.15, 0.2) is 47.4 Å². The number of nitrogens with zero attached hydrogens (tertiary/aromatic N) is 1. The number of anilines is 2. The average molecular weight is 369 g/mol. The molecule has 1 fully saturated rings. The van der Waals surface area contributed by atoms with E-state index in [1.165, 1.54) is 5.56 Å². The molecule has 0 saturated carbocycles. The largest absolute Gasteiger partial charge is 0.326 e. The van der Waals surface area contributed by atoms with Crippen molar-refractivity contribution in [3.8, 4) is 0 Å². The number of urea groups is 1. The Morgan fingerprint density at radius 2 is 1.85 bits per heavy atom. The zero-order chi connectivity index (χ0) is 18.7. The van der Waals surface area contributed by atoms with Crippen molar-refractivity contribution in [2.24, 2.45) is 0 Å². The van der Waals surface area contributed by atoms with Crippen molar-refractivity contribution >= 4 is 35.1 Å². The number of hydrogen-bond acceptors (Lipinski definition) is 3. The Morgan fingerprint density at radius 3 is 2.50 bits per heavy atom. The first-order valence-electron chi connectivity index (χ1n) is 8.58. The van der Waals surface area contributed by atoms with Gasteiger partial charge in [0.15, 0.2) is 0 Å². The van der Waals surface area contributed by atoms with Gasteiger partial charge in [-0.3, -0.25) is 4.79 Å². The second kappa shape index (κ2) is 7.83. The molecule has 0 spiro atoms. The Bertz CT molecular complexity index is 820. The van der Waals surface area contributed by atoms with E-state index in [0.29, 0.717) is 18.7 Å². The van der Waals surface area contributed by atoms with Crippen LogP contribution in [0, 0.1) is 13.8 Å². The van der Waals surface area contributed by atoms with Gasteiger partial charge in [0, 0.05) is 22.8 Å². The number of thioether (sulfide) groups is 1. The minimum absolute atomic E-state index is 0.0684. The molecular formula is C20H23N3O2S. The van der Waals surface area contributed by atoms with Crippen LogP contribution in [0.2, 0.25) is 0 Å². The number of rotatable bonds is 4. The third-order valence-corrected chi connectivity index (χ3v) is 5.40. The fourth-order valence-electron chi connectivity index (χ4n) is 2.96. The normalized spacial score (nSPS) is 16.7. The summed E-state index contributed by atoms with van der Waals surface area (Å²) in [5.41, 5.74) is 3.94. The van der Waals surface area contributed by atoms with Crippen molar-refractivity contribution in [3.05, 3.63) is 53.6 Å². The molecule has 0 radical (unpaired) electrons. The van der Waals surface area contributed by atoms with E-state index >= 15 is 0 Å². The van der Waals surface area contributed by atoms with Crippen LogP contribution in [0.25, 0.3) is 0 Å². The fraction of sp³-hybridized carbons (Fsp3) is 0.300. The van der Waals surface area contributed by atoms with Gasteiger partial charge in [0.05, 0.1) is 0 Å². The number of amides is 3. The monoisotopic (exact) mass is 369 g/mol. The van der Waals surface area contributed by atoms with Crippen LogP contribution >= 0.6 is 11.8 Å². The standard InChI is InChI=1S/C20H23N3O2S/c1-13-4-7-16(12-14(13)2)23-11-10-18(19(23)24)22-20(25)21-15-5-8-17(26-3)9-6-15/h4-9,12,18H,10-11H2,1-3H3,(H2,21,22,25)/t18-/m0/s1. The number of aryl methyl sites for hydroxylation is 2. The Hall–Kier alpha value is -2.47. The molecular weight excluding hydrogens is 346 g/mol. The van der Waals surface area contributed by atoms with Crippen LogP contribution < -0.4 is 15.5 Å². The maximum Gasteiger partial charge on any atom is 0.319 e. The van der Waals surface area contributed by atoms with E-state index in [2.05, 4.69) is 10.6 Å². The van der Waals surface area contributed by atoms with Crippen LogP contribution in [-0.4, -0.2) is 30.8 Å².